The molecule has 0 bridgehead atoms. The lowest BCUT2D eigenvalue weighted by molar-refractivity contribution is -0.146. The predicted octanol–water partition coefficient (Wildman–Crippen LogP) is 1.80. The van der Waals surface area contributed by atoms with Crippen LogP contribution in [0, 0.1) is 5.92 Å². The zero-order chi connectivity index (χ0) is 13.6. The van der Waals surface area contributed by atoms with E-state index in [4.69, 9.17) is 5.11 Å². The number of nitrogens with zero attached hydrogens (tertiary/aromatic N) is 2. The molecule has 19 heavy (non-hydrogen) atoms. The van der Waals surface area contributed by atoms with Crippen molar-refractivity contribution in [2.75, 3.05) is 19.6 Å². The third-order valence-corrected chi connectivity index (χ3v) is 5.02. The smallest absolute Gasteiger partial charge is 0.320 e. The first kappa shape index (κ1) is 12.5. The summed E-state index contributed by atoms with van der Waals surface area (Å²) in [6.45, 7) is 3.45. The van der Waals surface area contributed by atoms with Gasteiger partial charge >= 0.3 is 12.0 Å². The number of amides is 2. The summed E-state index contributed by atoms with van der Waals surface area (Å²) in [5.74, 6) is -1.20. The fraction of sp³-hybridized carbons (Fsp3) is 0.538. The predicted molar refractivity (Wildman–Crippen MR) is 71.2 cm³/mol. The van der Waals surface area contributed by atoms with Crippen LogP contribution in [0.4, 0.5) is 4.79 Å². The normalized spacial score (nSPS) is 22.9. The first-order valence-electron chi connectivity index (χ1n) is 6.42. The van der Waals surface area contributed by atoms with Gasteiger partial charge in [0.2, 0.25) is 0 Å². The van der Waals surface area contributed by atoms with E-state index in [1.807, 2.05) is 11.8 Å². The molecule has 2 aliphatic heterocycles. The molecule has 0 radical (unpaired) electrons. The highest BCUT2D eigenvalue weighted by atomic mass is 32.1. The van der Waals surface area contributed by atoms with Crippen LogP contribution in [-0.2, 0) is 11.2 Å². The second-order valence-corrected chi connectivity index (χ2v) is 6.14. The summed E-state index contributed by atoms with van der Waals surface area (Å²) in [6, 6.07) is 2.15. The summed E-state index contributed by atoms with van der Waals surface area (Å²) in [6.07, 6.45) is 0.902. The van der Waals surface area contributed by atoms with Crippen molar-refractivity contribution in [3.63, 3.8) is 0 Å². The van der Waals surface area contributed by atoms with E-state index in [0.717, 1.165) is 13.0 Å². The van der Waals surface area contributed by atoms with E-state index < -0.39 is 5.97 Å². The summed E-state index contributed by atoms with van der Waals surface area (Å²) >= 11 is 1.75. The van der Waals surface area contributed by atoms with E-state index >= 15 is 0 Å². The van der Waals surface area contributed by atoms with E-state index in [1.54, 1.807) is 16.2 Å². The van der Waals surface area contributed by atoms with Gasteiger partial charge in [0, 0.05) is 24.5 Å². The maximum atomic E-state index is 12.4. The van der Waals surface area contributed by atoms with Crippen molar-refractivity contribution in [1.82, 2.24) is 9.80 Å². The Balaban J connectivity index is 1.68. The van der Waals surface area contributed by atoms with Crippen molar-refractivity contribution in [3.8, 4) is 0 Å². The number of hydrogen-bond acceptors (Lipinski definition) is 3. The summed E-state index contributed by atoms with van der Waals surface area (Å²) < 4.78 is 0. The number of carboxylic acids is 1. The highest BCUT2D eigenvalue weighted by molar-refractivity contribution is 7.10. The number of carbonyl (C=O) groups excluding carboxylic acids is 1. The van der Waals surface area contributed by atoms with Crippen molar-refractivity contribution in [1.29, 1.82) is 0 Å². The Morgan fingerprint density at radius 2 is 2.16 bits per heavy atom. The number of aliphatic carboxylic acids is 1. The minimum atomic E-state index is -0.809. The molecule has 1 saturated heterocycles. The van der Waals surface area contributed by atoms with E-state index in [-0.39, 0.29) is 18.0 Å². The van der Waals surface area contributed by atoms with Crippen LogP contribution in [0.15, 0.2) is 11.4 Å². The van der Waals surface area contributed by atoms with Crippen LogP contribution < -0.4 is 0 Å². The number of rotatable bonds is 1. The van der Waals surface area contributed by atoms with Gasteiger partial charge in [0.05, 0.1) is 12.0 Å². The van der Waals surface area contributed by atoms with Gasteiger partial charge in [0.1, 0.15) is 0 Å². The van der Waals surface area contributed by atoms with Gasteiger partial charge in [-0.1, -0.05) is 0 Å². The molecule has 1 aromatic heterocycles. The van der Waals surface area contributed by atoms with Crippen molar-refractivity contribution in [2.24, 2.45) is 5.92 Å². The number of carbonyl (C=O) groups is 2. The highest BCUT2D eigenvalue weighted by Gasteiger charge is 2.39. The number of hydrogen-bond donors (Lipinski definition) is 1. The van der Waals surface area contributed by atoms with Gasteiger partial charge in [-0.25, -0.2) is 4.79 Å². The molecule has 0 saturated carbocycles. The molecule has 1 aromatic rings. The maximum Gasteiger partial charge on any atom is 0.320 e. The van der Waals surface area contributed by atoms with Crippen LogP contribution in [0.1, 0.15) is 23.4 Å². The molecule has 1 N–H and O–H groups in total. The highest BCUT2D eigenvalue weighted by Crippen LogP contribution is 2.34. The standard InChI is InChI=1S/C13H16N2O3S/c1-8-10-3-5-19-11(10)2-4-15(8)13(18)14-6-9(7-14)12(16)17/h3,5,8-9H,2,4,6-7H2,1H3,(H,16,17). The summed E-state index contributed by atoms with van der Waals surface area (Å²) in [7, 11) is 0. The first-order chi connectivity index (χ1) is 9.08. The average molecular weight is 280 g/mol. The summed E-state index contributed by atoms with van der Waals surface area (Å²) in [4.78, 5) is 28.0. The molecule has 2 aliphatic rings. The van der Waals surface area contributed by atoms with Gasteiger partial charge in [0.25, 0.3) is 0 Å². The third-order valence-electron chi connectivity index (χ3n) is 4.02. The van der Waals surface area contributed by atoms with E-state index in [0.29, 0.717) is 13.1 Å². The Bertz CT molecular complexity index is 522. The molecule has 2 amide bonds. The van der Waals surface area contributed by atoms with Gasteiger partial charge in [-0.05, 0) is 30.4 Å². The first-order valence-corrected chi connectivity index (χ1v) is 7.30. The molecule has 5 nitrogen and oxygen atoms in total. The van der Waals surface area contributed by atoms with Crippen LogP contribution in [0.5, 0.6) is 0 Å². The molecule has 1 fully saturated rings. The zero-order valence-electron chi connectivity index (χ0n) is 10.7. The fourth-order valence-corrected chi connectivity index (χ4v) is 3.71. The molecular weight excluding hydrogens is 264 g/mol. The minimum Gasteiger partial charge on any atom is -0.481 e. The van der Waals surface area contributed by atoms with Crippen LogP contribution >= 0.6 is 11.3 Å². The number of urea groups is 1. The molecule has 3 rings (SSSR count). The third kappa shape index (κ3) is 2.00. The SMILES string of the molecule is CC1c2ccsc2CCN1C(=O)N1CC(C(=O)O)C1. The lowest BCUT2D eigenvalue weighted by atomic mass is 9.99. The molecule has 0 spiro atoms. The molecule has 1 unspecified atom stereocenters. The second-order valence-electron chi connectivity index (χ2n) is 5.14. The van der Waals surface area contributed by atoms with Crippen LogP contribution in [0.2, 0.25) is 0 Å². The molecular formula is C13H16N2O3S. The van der Waals surface area contributed by atoms with Gasteiger partial charge in [-0.3, -0.25) is 4.79 Å². The fourth-order valence-electron chi connectivity index (χ4n) is 2.74. The van der Waals surface area contributed by atoms with Crippen molar-refractivity contribution in [3.05, 3.63) is 21.9 Å². The average Bonchev–Trinajstić information content (AvgIpc) is 2.75. The molecule has 6 heteroatoms. The number of likely N-dealkylation sites (tertiary alicyclic amines) is 1. The lowest BCUT2D eigenvalue weighted by Gasteiger charge is -2.43. The Kier molecular flexibility index (Phi) is 2.97. The molecule has 0 aromatic carbocycles. The van der Waals surface area contributed by atoms with Gasteiger partial charge in [0.15, 0.2) is 0 Å². The van der Waals surface area contributed by atoms with Crippen molar-refractivity contribution < 1.29 is 14.7 Å². The van der Waals surface area contributed by atoms with E-state index in [9.17, 15) is 9.59 Å². The van der Waals surface area contributed by atoms with Crippen molar-refractivity contribution >= 4 is 23.3 Å². The Hall–Kier alpha value is -1.56. The lowest BCUT2D eigenvalue weighted by Crippen LogP contribution is -2.58. The van der Waals surface area contributed by atoms with Crippen LogP contribution in [0.25, 0.3) is 0 Å². The van der Waals surface area contributed by atoms with Gasteiger partial charge in [-0.15, -0.1) is 11.3 Å². The molecule has 102 valence electrons. The van der Waals surface area contributed by atoms with Gasteiger partial charge < -0.3 is 14.9 Å². The van der Waals surface area contributed by atoms with E-state index in [2.05, 4.69) is 11.4 Å². The monoisotopic (exact) mass is 280 g/mol. The molecule has 1 atom stereocenters. The van der Waals surface area contributed by atoms with Crippen molar-refractivity contribution in [2.45, 2.75) is 19.4 Å². The minimum absolute atomic E-state index is 0.0261. The largest absolute Gasteiger partial charge is 0.481 e. The molecule has 0 aliphatic carbocycles. The summed E-state index contributed by atoms with van der Waals surface area (Å²) in [5, 5.41) is 10.9. The Labute approximate surface area is 115 Å². The zero-order valence-corrected chi connectivity index (χ0v) is 11.5. The molecule has 3 heterocycles. The Morgan fingerprint density at radius 3 is 2.84 bits per heavy atom. The van der Waals surface area contributed by atoms with Gasteiger partial charge in [-0.2, -0.15) is 0 Å². The van der Waals surface area contributed by atoms with Crippen LogP contribution in [-0.4, -0.2) is 46.5 Å². The Morgan fingerprint density at radius 1 is 1.42 bits per heavy atom. The second kappa shape index (κ2) is 4.52. The maximum absolute atomic E-state index is 12.4. The number of fused-ring (bicyclic) bond motifs is 1. The topological polar surface area (TPSA) is 60.9 Å². The number of carboxylic acid groups (broad SMARTS) is 1. The quantitative estimate of drug-likeness (QED) is 0.853. The van der Waals surface area contributed by atoms with Crippen LogP contribution in [0.3, 0.4) is 0 Å². The summed E-state index contributed by atoms with van der Waals surface area (Å²) in [5.41, 5.74) is 1.24. The van der Waals surface area contributed by atoms with E-state index in [1.165, 1.54) is 10.4 Å². The number of thiophene rings is 1.